The maximum Gasteiger partial charge on any atom is 0.224 e. The van der Waals surface area contributed by atoms with Crippen LogP contribution in [0.5, 0.6) is 0 Å². The van der Waals surface area contributed by atoms with E-state index in [-0.39, 0.29) is 17.9 Å². The van der Waals surface area contributed by atoms with Crippen molar-refractivity contribution in [1.29, 1.82) is 0 Å². The monoisotopic (exact) mass is 486 g/mol. The molecule has 1 atom stereocenters. The maximum absolute atomic E-state index is 12.9. The van der Waals surface area contributed by atoms with Gasteiger partial charge in [0.1, 0.15) is 0 Å². The Hall–Kier alpha value is -2.64. The first-order valence-corrected chi connectivity index (χ1v) is 13.0. The Balaban J connectivity index is 1.96. The van der Waals surface area contributed by atoms with E-state index in [2.05, 4.69) is 55.4 Å². The molecule has 2 N–H and O–H groups in total. The largest absolute Gasteiger partial charge is 0.354 e. The molecule has 8 nitrogen and oxygen atoms in total. The lowest BCUT2D eigenvalue weighted by Crippen LogP contribution is -2.44. The fraction of sp³-hybridized carbons (Fsp3) is 0.704. The molecule has 2 heterocycles. The number of hydrogen-bond acceptors (Lipinski definition) is 4. The molecule has 2 aromatic rings. The summed E-state index contributed by atoms with van der Waals surface area (Å²) in [5.41, 5.74) is 5.89. The van der Waals surface area contributed by atoms with Gasteiger partial charge in [-0.2, -0.15) is 10.2 Å². The molecule has 0 saturated carbocycles. The molecule has 0 aliphatic heterocycles. The van der Waals surface area contributed by atoms with Gasteiger partial charge in [0, 0.05) is 48.2 Å². The van der Waals surface area contributed by atoms with Crippen LogP contribution >= 0.6 is 0 Å². The van der Waals surface area contributed by atoms with Crippen LogP contribution in [0.2, 0.25) is 0 Å². The first-order chi connectivity index (χ1) is 16.4. The van der Waals surface area contributed by atoms with Gasteiger partial charge in [-0.05, 0) is 46.0 Å². The number of hydrogen-bond donors (Lipinski definition) is 2. The second-order valence-electron chi connectivity index (χ2n) is 10.7. The highest BCUT2D eigenvalue weighted by Crippen LogP contribution is 2.17. The van der Waals surface area contributed by atoms with Crippen molar-refractivity contribution in [2.24, 2.45) is 11.8 Å². The second-order valence-corrected chi connectivity index (χ2v) is 10.7. The van der Waals surface area contributed by atoms with E-state index in [1.165, 1.54) is 0 Å². The van der Waals surface area contributed by atoms with E-state index in [0.717, 1.165) is 59.8 Å². The molecule has 0 spiro atoms. The highest BCUT2D eigenvalue weighted by molar-refractivity contribution is 5.80. The minimum Gasteiger partial charge on any atom is -0.354 e. The zero-order valence-electron chi connectivity index (χ0n) is 23.3. The van der Waals surface area contributed by atoms with E-state index in [4.69, 9.17) is 0 Å². The van der Waals surface area contributed by atoms with Crippen molar-refractivity contribution >= 4 is 11.8 Å². The van der Waals surface area contributed by atoms with Crippen LogP contribution in [0, 0.1) is 39.5 Å². The molecule has 0 radical (unpaired) electrons. The molecular formula is C27H46N6O2. The zero-order valence-corrected chi connectivity index (χ0v) is 23.3. The van der Waals surface area contributed by atoms with Crippen LogP contribution in [-0.2, 0) is 35.5 Å². The van der Waals surface area contributed by atoms with Crippen LogP contribution < -0.4 is 10.6 Å². The highest BCUT2D eigenvalue weighted by Gasteiger charge is 2.20. The summed E-state index contributed by atoms with van der Waals surface area (Å²) in [6.45, 7) is 20.8. The first-order valence-electron chi connectivity index (χ1n) is 13.0. The number of carbonyl (C=O) groups is 2. The highest BCUT2D eigenvalue weighted by atomic mass is 16.2. The van der Waals surface area contributed by atoms with Crippen LogP contribution in [0.25, 0.3) is 0 Å². The molecule has 2 rings (SSSR count). The third kappa shape index (κ3) is 8.22. The lowest BCUT2D eigenvalue weighted by molar-refractivity contribution is -0.123. The molecule has 8 heteroatoms. The Kier molecular flexibility index (Phi) is 10.5. The molecule has 2 aromatic heterocycles. The van der Waals surface area contributed by atoms with Gasteiger partial charge in [-0.15, -0.1) is 0 Å². The van der Waals surface area contributed by atoms with E-state index >= 15 is 0 Å². The topological polar surface area (TPSA) is 93.8 Å². The SMILES string of the molecule is CCCC(CNC(=O)Cc1c(C)nn(CC(C)C)c1C)NC(=O)Cc1c(C)nn(CC(C)C)c1C. The number of nitrogens with zero attached hydrogens (tertiary/aromatic N) is 4. The average molecular weight is 487 g/mol. The lowest BCUT2D eigenvalue weighted by Gasteiger charge is -2.19. The Morgan fingerprint density at radius 2 is 1.26 bits per heavy atom. The number of aromatic nitrogens is 4. The van der Waals surface area contributed by atoms with Crippen LogP contribution in [-0.4, -0.2) is 44.0 Å². The van der Waals surface area contributed by atoms with Gasteiger partial charge in [-0.25, -0.2) is 0 Å². The summed E-state index contributed by atoms with van der Waals surface area (Å²) < 4.78 is 4.00. The van der Waals surface area contributed by atoms with Crippen molar-refractivity contribution in [3.63, 3.8) is 0 Å². The van der Waals surface area contributed by atoms with Gasteiger partial charge in [-0.3, -0.25) is 19.0 Å². The fourth-order valence-corrected chi connectivity index (χ4v) is 4.50. The van der Waals surface area contributed by atoms with Crippen LogP contribution in [0.4, 0.5) is 0 Å². The van der Waals surface area contributed by atoms with E-state index in [9.17, 15) is 9.59 Å². The molecule has 0 aliphatic rings. The molecule has 0 bridgehead atoms. The summed E-state index contributed by atoms with van der Waals surface area (Å²) in [7, 11) is 0. The van der Waals surface area contributed by atoms with Crippen molar-refractivity contribution in [2.45, 2.75) is 107 Å². The van der Waals surface area contributed by atoms with Crippen molar-refractivity contribution in [2.75, 3.05) is 6.54 Å². The molecule has 0 fully saturated rings. The number of amides is 2. The standard InChI is InChI=1S/C27H46N6O2/c1-10-11-23(29-27(35)13-25-20(7)31-33(22(25)9)16-18(4)5)14-28-26(34)12-24-19(6)30-32(21(24)8)15-17(2)3/h17-18,23H,10-16H2,1-9H3,(H,28,34)(H,29,35). The minimum absolute atomic E-state index is 0.0327. The molecule has 0 aromatic carbocycles. The number of rotatable bonds is 13. The predicted molar refractivity (Wildman–Crippen MR) is 140 cm³/mol. The van der Waals surface area contributed by atoms with E-state index in [0.29, 0.717) is 31.2 Å². The fourth-order valence-electron chi connectivity index (χ4n) is 4.50. The van der Waals surface area contributed by atoms with Gasteiger partial charge in [0.05, 0.1) is 24.2 Å². The molecule has 0 saturated heterocycles. The van der Waals surface area contributed by atoms with Crippen molar-refractivity contribution in [3.8, 4) is 0 Å². The lowest BCUT2D eigenvalue weighted by atomic mass is 10.1. The number of carbonyl (C=O) groups excluding carboxylic acids is 2. The van der Waals surface area contributed by atoms with Crippen LogP contribution in [0.15, 0.2) is 0 Å². The first kappa shape index (κ1) is 28.6. The Bertz CT molecular complexity index is 1000. The van der Waals surface area contributed by atoms with Crippen LogP contribution in [0.1, 0.15) is 81.4 Å². The summed E-state index contributed by atoms with van der Waals surface area (Å²) in [6.07, 6.45) is 2.33. The van der Waals surface area contributed by atoms with Gasteiger partial charge >= 0.3 is 0 Å². The molecular weight excluding hydrogens is 440 g/mol. The van der Waals surface area contributed by atoms with Gasteiger partial charge in [-0.1, -0.05) is 41.0 Å². The molecule has 196 valence electrons. The summed E-state index contributed by atoms with van der Waals surface area (Å²) >= 11 is 0. The van der Waals surface area contributed by atoms with Crippen molar-refractivity contribution in [3.05, 3.63) is 33.9 Å². The van der Waals surface area contributed by atoms with Gasteiger partial charge in [0.2, 0.25) is 11.8 Å². The van der Waals surface area contributed by atoms with Crippen molar-refractivity contribution < 1.29 is 9.59 Å². The Labute approximate surface area is 211 Å². The smallest absolute Gasteiger partial charge is 0.224 e. The number of nitrogens with one attached hydrogen (secondary N) is 2. The van der Waals surface area contributed by atoms with E-state index in [1.54, 1.807) is 0 Å². The quantitative estimate of drug-likeness (QED) is 0.450. The summed E-state index contributed by atoms with van der Waals surface area (Å²) in [4.78, 5) is 25.6. The summed E-state index contributed by atoms with van der Waals surface area (Å²) in [5.74, 6) is 0.904. The van der Waals surface area contributed by atoms with E-state index < -0.39 is 0 Å². The number of aryl methyl sites for hydroxylation is 2. The zero-order chi connectivity index (χ0) is 26.3. The second kappa shape index (κ2) is 12.9. The van der Waals surface area contributed by atoms with E-state index in [1.807, 2.05) is 37.1 Å². The third-order valence-corrected chi connectivity index (χ3v) is 6.36. The average Bonchev–Trinajstić information content (AvgIpc) is 3.15. The van der Waals surface area contributed by atoms with Gasteiger partial charge in [0.25, 0.3) is 0 Å². The minimum atomic E-state index is -0.103. The van der Waals surface area contributed by atoms with Gasteiger partial charge < -0.3 is 10.6 Å². The van der Waals surface area contributed by atoms with Crippen LogP contribution in [0.3, 0.4) is 0 Å². The Morgan fingerprint density at radius 3 is 1.69 bits per heavy atom. The molecule has 35 heavy (non-hydrogen) atoms. The molecule has 2 amide bonds. The van der Waals surface area contributed by atoms with Crippen molar-refractivity contribution in [1.82, 2.24) is 30.2 Å². The maximum atomic E-state index is 12.9. The Morgan fingerprint density at radius 1 is 0.800 bits per heavy atom. The molecule has 0 aliphatic carbocycles. The van der Waals surface area contributed by atoms with Gasteiger partial charge in [0.15, 0.2) is 0 Å². The summed E-state index contributed by atoms with van der Waals surface area (Å²) in [6, 6.07) is -0.103. The normalized spacial score (nSPS) is 12.4. The summed E-state index contributed by atoms with van der Waals surface area (Å²) in [5, 5.41) is 15.4. The molecule has 1 unspecified atom stereocenters. The third-order valence-electron chi connectivity index (χ3n) is 6.36. The predicted octanol–water partition coefficient (Wildman–Crippen LogP) is 3.81.